The molecule has 1 saturated carbocycles. The van der Waals surface area contributed by atoms with Crippen molar-refractivity contribution in [2.24, 2.45) is 5.92 Å². The molecule has 0 heterocycles. The van der Waals surface area contributed by atoms with Gasteiger partial charge in [0.05, 0.1) is 6.61 Å². The molecule has 0 aromatic heterocycles. The van der Waals surface area contributed by atoms with E-state index in [1.165, 1.54) is 38.5 Å². The van der Waals surface area contributed by atoms with Gasteiger partial charge in [0, 0.05) is 12.6 Å². The third-order valence-corrected chi connectivity index (χ3v) is 3.04. The summed E-state index contributed by atoms with van der Waals surface area (Å²) in [6.07, 6.45) is 7.83. The molecule has 1 aliphatic carbocycles. The highest BCUT2D eigenvalue weighted by molar-refractivity contribution is 4.86. The van der Waals surface area contributed by atoms with Crippen molar-refractivity contribution in [3.8, 4) is 0 Å². The summed E-state index contributed by atoms with van der Waals surface area (Å²) in [6.45, 7) is 7.47. The molecule has 0 aromatic rings. The summed E-state index contributed by atoms with van der Waals surface area (Å²) in [5, 5.41) is 3.60. The van der Waals surface area contributed by atoms with Gasteiger partial charge in [0.2, 0.25) is 0 Å². The monoisotopic (exact) mass is 213 g/mol. The van der Waals surface area contributed by atoms with Crippen LogP contribution in [0.15, 0.2) is 0 Å². The lowest BCUT2D eigenvalue weighted by Crippen LogP contribution is -2.36. The summed E-state index contributed by atoms with van der Waals surface area (Å²) in [5.41, 5.74) is 0. The van der Waals surface area contributed by atoms with Crippen molar-refractivity contribution in [1.82, 2.24) is 5.32 Å². The zero-order valence-electron chi connectivity index (χ0n) is 10.4. The van der Waals surface area contributed by atoms with E-state index >= 15 is 0 Å². The van der Waals surface area contributed by atoms with Crippen LogP contribution in [0.2, 0.25) is 0 Å². The molecule has 90 valence electrons. The summed E-state index contributed by atoms with van der Waals surface area (Å²) in [5.74, 6) is 0.905. The van der Waals surface area contributed by atoms with Crippen molar-refractivity contribution in [2.75, 3.05) is 19.8 Å². The Morgan fingerprint density at radius 2 is 2.00 bits per heavy atom. The number of rotatable bonds is 10. The molecule has 0 saturated heterocycles. The number of nitrogens with one attached hydrogen (secondary N) is 1. The van der Waals surface area contributed by atoms with E-state index in [-0.39, 0.29) is 0 Å². The molecule has 0 aromatic carbocycles. The highest BCUT2D eigenvalue weighted by Gasteiger charge is 2.30. The Morgan fingerprint density at radius 3 is 2.60 bits per heavy atom. The molecule has 1 rings (SSSR count). The normalized spacial score (nSPS) is 18.0. The Balaban J connectivity index is 1.98. The second kappa shape index (κ2) is 8.12. The minimum atomic E-state index is 0.631. The van der Waals surface area contributed by atoms with Gasteiger partial charge in [-0.1, -0.05) is 26.7 Å². The summed E-state index contributed by atoms with van der Waals surface area (Å²) < 4.78 is 5.73. The maximum absolute atomic E-state index is 5.73. The Hall–Kier alpha value is -0.0800. The fourth-order valence-electron chi connectivity index (χ4n) is 1.85. The Kier molecular flexibility index (Phi) is 7.03. The van der Waals surface area contributed by atoms with Crippen LogP contribution in [-0.4, -0.2) is 25.8 Å². The minimum absolute atomic E-state index is 0.631. The highest BCUT2D eigenvalue weighted by Crippen LogP contribution is 2.32. The van der Waals surface area contributed by atoms with Gasteiger partial charge in [0.1, 0.15) is 0 Å². The Morgan fingerprint density at radius 1 is 1.20 bits per heavy atom. The van der Waals surface area contributed by atoms with E-state index in [1.54, 1.807) is 0 Å². The first-order valence-electron chi connectivity index (χ1n) is 6.69. The lowest BCUT2D eigenvalue weighted by Gasteiger charge is -2.17. The van der Waals surface area contributed by atoms with E-state index in [0.717, 1.165) is 25.7 Å². The fourth-order valence-corrected chi connectivity index (χ4v) is 1.85. The van der Waals surface area contributed by atoms with Gasteiger partial charge in [-0.3, -0.25) is 0 Å². The molecular formula is C13H27NO. The van der Waals surface area contributed by atoms with Crippen LogP contribution >= 0.6 is 0 Å². The molecule has 0 spiro atoms. The summed E-state index contributed by atoms with van der Waals surface area (Å²) in [6, 6.07) is 0.631. The molecular weight excluding hydrogens is 186 g/mol. The molecule has 0 radical (unpaired) electrons. The molecule has 1 aliphatic rings. The van der Waals surface area contributed by atoms with Crippen LogP contribution in [0.1, 0.15) is 52.4 Å². The third-order valence-electron chi connectivity index (χ3n) is 3.04. The predicted octanol–water partition coefficient (Wildman–Crippen LogP) is 2.97. The quantitative estimate of drug-likeness (QED) is 0.563. The van der Waals surface area contributed by atoms with Gasteiger partial charge in [-0.25, -0.2) is 0 Å². The van der Waals surface area contributed by atoms with Crippen LogP contribution in [-0.2, 0) is 4.74 Å². The lowest BCUT2D eigenvalue weighted by atomic mass is 10.2. The van der Waals surface area contributed by atoms with E-state index in [9.17, 15) is 0 Å². The van der Waals surface area contributed by atoms with E-state index in [4.69, 9.17) is 4.74 Å². The summed E-state index contributed by atoms with van der Waals surface area (Å²) in [7, 11) is 0. The van der Waals surface area contributed by atoms with Crippen LogP contribution < -0.4 is 5.32 Å². The molecule has 1 unspecified atom stereocenters. The van der Waals surface area contributed by atoms with E-state index in [0.29, 0.717) is 6.04 Å². The zero-order chi connectivity index (χ0) is 10.9. The van der Waals surface area contributed by atoms with E-state index in [2.05, 4.69) is 19.2 Å². The topological polar surface area (TPSA) is 21.3 Å². The fraction of sp³-hybridized carbons (Fsp3) is 1.00. The smallest absolute Gasteiger partial charge is 0.0622 e. The van der Waals surface area contributed by atoms with Gasteiger partial charge < -0.3 is 10.1 Å². The number of hydrogen-bond donors (Lipinski definition) is 1. The molecule has 1 N–H and O–H groups in total. The molecule has 1 fully saturated rings. The van der Waals surface area contributed by atoms with Crippen molar-refractivity contribution in [1.29, 1.82) is 0 Å². The zero-order valence-corrected chi connectivity index (χ0v) is 10.4. The average Bonchev–Trinajstić information content (AvgIpc) is 3.06. The number of unbranched alkanes of at least 4 members (excludes halogenated alkanes) is 2. The standard InChI is InChI=1S/C13H27NO/c1-3-5-6-10-15-11-13(12-7-8-12)14-9-4-2/h12-14H,3-11H2,1-2H3. The van der Waals surface area contributed by atoms with Crippen LogP contribution in [0.25, 0.3) is 0 Å². The molecule has 1 atom stereocenters. The SMILES string of the molecule is CCCCCOCC(NCCC)C1CC1. The first kappa shape index (κ1) is 13.0. The minimum Gasteiger partial charge on any atom is -0.380 e. The second-order valence-corrected chi connectivity index (χ2v) is 4.68. The van der Waals surface area contributed by atoms with E-state index < -0.39 is 0 Å². The summed E-state index contributed by atoms with van der Waals surface area (Å²) >= 11 is 0. The molecule has 0 aliphatic heterocycles. The van der Waals surface area contributed by atoms with E-state index in [1.807, 2.05) is 0 Å². The van der Waals surface area contributed by atoms with Crippen LogP contribution in [0.5, 0.6) is 0 Å². The largest absolute Gasteiger partial charge is 0.380 e. The molecule has 2 heteroatoms. The molecule has 2 nitrogen and oxygen atoms in total. The molecule has 0 bridgehead atoms. The third kappa shape index (κ3) is 6.16. The van der Waals surface area contributed by atoms with Crippen LogP contribution in [0, 0.1) is 5.92 Å². The Labute approximate surface area is 94.8 Å². The first-order chi connectivity index (χ1) is 7.38. The van der Waals surface area contributed by atoms with Crippen molar-refractivity contribution in [3.63, 3.8) is 0 Å². The van der Waals surface area contributed by atoms with Crippen molar-refractivity contribution < 1.29 is 4.74 Å². The highest BCUT2D eigenvalue weighted by atomic mass is 16.5. The van der Waals surface area contributed by atoms with Crippen LogP contribution in [0.4, 0.5) is 0 Å². The maximum Gasteiger partial charge on any atom is 0.0622 e. The van der Waals surface area contributed by atoms with Gasteiger partial charge in [-0.15, -0.1) is 0 Å². The van der Waals surface area contributed by atoms with Crippen LogP contribution in [0.3, 0.4) is 0 Å². The van der Waals surface area contributed by atoms with Gasteiger partial charge in [0.15, 0.2) is 0 Å². The van der Waals surface area contributed by atoms with Gasteiger partial charge in [-0.05, 0) is 38.1 Å². The first-order valence-corrected chi connectivity index (χ1v) is 6.69. The van der Waals surface area contributed by atoms with Gasteiger partial charge in [-0.2, -0.15) is 0 Å². The van der Waals surface area contributed by atoms with Crippen molar-refractivity contribution in [2.45, 2.75) is 58.4 Å². The average molecular weight is 213 g/mol. The molecule has 0 amide bonds. The lowest BCUT2D eigenvalue weighted by molar-refractivity contribution is 0.102. The van der Waals surface area contributed by atoms with Crippen molar-refractivity contribution >= 4 is 0 Å². The van der Waals surface area contributed by atoms with Gasteiger partial charge >= 0.3 is 0 Å². The van der Waals surface area contributed by atoms with Gasteiger partial charge in [0.25, 0.3) is 0 Å². The number of ether oxygens (including phenoxy) is 1. The second-order valence-electron chi connectivity index (χ2n) is 4.68. The Bertz CT molecular complexity index is 145. The summed E-state index contributed by atoms with van der Waals surface area (Å²) in [4.78, 5) is 0. The van der Waals surface area contributed by atoms with Crippen molar-refractivity contribution in [3.05, 3.63) is 0 Å². The molecule has 15 heavy (non-hydrogen) atoms. The number of hydrogen-bond acceptors (Lipinski definition) is 2. The maximum atomic E-state index is 5.73. The predicted molar refractivity (Wildman–Crippen MR) is 65.1 cm³/mol.